The summed E-state index contributed by atoms with van der Waals surface area (Å²) in [5.41, 5.74) is 1.54. The van der Waals surface area contributed by atoms with Crippen molar-refractivity contribution < 1.29 is 23.8 Å². The molecule has 0 radical (unpaired) electrons. The van der Waals surface area contributed by atoms with Crippen LogP contribution in [-0.2, 0) is 16.1 Å². The highest BCUT2D eigenvalue weighted by Gasteiger charge is 2.34. The van der Waals surface area contributed by atoms with E-state index in [9.17, 15) is 9.59 Å². The zero-order valence-corrected chi connectivity index (χ0v) is 18.6. The lowest BCUT2D eigenvalue weighted by molar-refractivity contribution is -0.123. The second-order valence-electron chi connectivity index (χ2n) is 6.28. The maximum Gasteiger partial charge on any atom is 0.293 e. The fraction of sp³-hybridized carbons (Fsp3) is 0.238. The predicted molar refractivity (Wildman–Crippen MR) is 118 cm³/mol. The third kappa shape index (κ3) is 5.29. The Bertz CT molecular complexity index is 978. The molecule has 1 saturated heterocycles. The fourth-order valence-electron chi connectivity index (χ4n) is 2.73. The Hall–Kier alpha value is -2.19. The fourth-order valence-corrected chi connectivity index (χ4v) is 3.99. The van der Waals surface area contributed by atoms with Crippen LogP contribution in [0.15, 0.2) is 41.3 Å². The summed E-state index contributed by atoms with van der Waals surface area (Å²) < 4.78 is 16.2. The summed E-state index contributed by atoms with van der Waals surface area (Å²) in [5.74, 6) is 0.445. The Morgan fingerprint density at radius 2 is 1.83 bits per heavy atom. The molecule has 0 N–H and O–H groups in total. The molecule has 1 aliphatic heterocycles. The number of amides is 2. The van der Waals surface area contributed by atoms with Crippen LogP contribution < -0.4 is 9.47 Å². The van der Waals surface area contributed by atoms with Crippen LogP contribution in [0.1, 0.15) is 11.1 Å². The molecule has 2 amide bonds. The van der Waals surface area contributed by atoms with Crippen molar-refractivity contribution in [3.8, 4) is 11.5 Å². The highest BCUT2D eigenvalue weighted by atomic mass is 35.5. The van der Waals surface area contributed by atoms with Crippen LogP contribution in [0.4, 0.5) is 4.79 Å². The molecule has 0 saturated carbocycles. The number of imide groups is 1. The quantitative estimate of drug-likeness (QED) is 0.493. The van der Waals surface area contributed by atoms with Crippen LogP contribution in [0.2, 0.25) is 10.0 Å². The minimum absolute atomic E-state index is 0.208. The highest BCUT2D eigenvalue weighted by molar-refractivity contribution is 8.18. The van der Waals surface area contributed by atoms with E-state index in [4.69, 9.17) is 37.4 Å². The Morgan fingerprint density at radius 3 is 2.50 bits per heavy atom. The highest BCUT2D eigenvalue weighted by Crippen LogP contribution is 2.39. The van der Waals surface area contributed by atoms with Crippen molar-refractivity contribution in [2.24, 2.45) is 0 Å². The van der Waals surface area contributed by atoms with E-state index in [-0.39, 0.29) is 30.9 Å². The minimum Gasteiger partial charge on any atom is -0.493 e. The second-order valence-corrected chi connectivity index (χ2v) is 8.11. The Morgan fingerprint density at radius 1 is 1.10 bits per heavy atom. The molecular formula is C21H19Cl2NO5S. The van der Waals surface area contributed by atoms with Crippen LogP contribution in [0.25, 0.3) is 6.08 Å². The molecule has 0 bridgehead atoms. The Kier molecular flexibility index (Phi) is 7.66. The van der Waals surface area contributed by atoms with Crippen LogP contribution in [0, 0.1) is 0 Å². The van der Waals surface area contributed by atoms with Gasteiger partial charge in [-0.15, -0.1) is 0 Å². The summed E-state index contributed by atoms with van der Waals surface area (Å²) in [7, 11) is 3.02. The van der Waals surface area contributed by atoms with Crippen molar-refractivity contribution in [1.29, 1.82) is 0 Å². The van der Waals surface area contributed by atoms with E-state index in [0.717, 1.165) is 22.2 Å². The van der Waals surface area contributed by atoms with Gasteiger partial charge in [-0.25, -0.2) is 0 Å². The summed E-state index contributed by atoms with van der Waals surface area (Å²) in [5, 5.41) is 0.641. The first-order valence-corrected chi connectivity index (χ1v) is 10.5. The van der Waals surface area contributed by atoms with E-state index in [1.54, 1.807) is 30.3 Å². The lowest BCUT2D eigenvalue weighted by Gasteiger charge is -2.14. The molecule has 2 aromatic carbocycles. The van der Waals surface area contributed by atoms with Gasteiger partial charge in [0, 0.05) is 12.1 Å². The molecule has 1 aliphatic rings. The standard InChI is InChI=1S/C21H19Cl2NO5S/c1-27-8-7-24-20(25)18(30-21(24)26)11-14-9-16(23)19(17(10-14)28-2)29-12-13-3-5-15(22)6-4-13/h3-6,9-11H,7-8,12H2,1-2H3/b18-11+. The Balaban J connectivity index is 1.79. The van der Waals surface area contributed by atoms with E-state index >= 15 is 0 Å². The predicted octanol–water partition coefficient (Wildman–Crippen LogP) is 5.26. The molecule has 6 nitrogen and oxygen atoms in total. The van der Waals surface area contributed by atoms with Gasteiger partial charge in [0.25, 0.3) is 11.1 Å². The molecule has 0 atom stereocenters. The van der Waals surface area contributed by atoms with Crippen LogP contribution in [0.5, 0.6) is 11.5 Å². The van der Waals surface area contributed by atoms with E-state index < -0.39 is 0 Å². The van der Waals surface area contributed by atoms with Crippen molar-refractivity contribution in [3.05, 3.63) is 62.5 Å². The average molecular weight is 468 g/mol. The maximum absolute atomic E-state index is 12.5. The van der Waals surface area contributed by atoms with Crippen molar-refractivity contribution >= 4 is 52.2 Å². The number of methoxy groups -OCH3 is 2. The minimum atomic E-state index is -0.361. The van der Waals surface area contributed by atoms with Crippen molar-refractivity contribution in [3.63, 3.8) is 0 Å². The smallest absolute Gasteiger partial charge is 0.293 e. The third-order valence-corrected chi connectivity index (χ3v) is 5.68. The largest absolute Gasteiger partial charge is 0.493 e. The summed E-state index contributed by atoms with van der Waals surface area (Å²) >= 11 is 13.2. The van der Waals surface area contributed by atoms with Crippen LogP contribution in [0.3, 0.4) is 0 Å². The van der Waals surface area contributed by atoms with Crippen molar-refractivity contribution in [1.82, 2.24) is 4.90 Å². The van der Waals surface area contributed by atoms with Gasteiger partial charge in [0.2, 0.25) is 0 Å². The monoisotopic (exact) mass is 467 g/mol. The van der Waals surface area contributed by atoms with Crippen LogP contribution in [-0.4, -0.2) is 43.4 Å². The molecule has 0 aliphatic carbocycles. The Labute approximate surface area is 188 Å². The van der Waals surface area contributed by atoms with Gasteiger partial charge in [-0.05, 0) is 53.2 Å². The SMILES string of the molecule is COCCN1C(=O)S/C(=C/c2cc(Cl)c(OCc3ccc(Cl)cc3)c(OC)c2)C1=O. The number of hydrogen-bond donors (Lipinski definition) is 0. The molecule has 3 rings (SSSR count). The normalized spacial score (nSPS) is 15.2. The van der Waals surface area contributed by atoms with Gasteiger partial charge in [-0.2, -0.15) is 0 Å². The molecular weight excluding hydrogens is 449 g/mol. The molecule has 2 aromatic rings. The lowest BCUT2D eigenvalue weighted by Crippen LogP contribution is -2.31. The topological polar surface area (TPSA) is 65.1 Å². The first-order chi connectivity index (χ1) is 14.4. The van der Waals surface area contributed by atoms with E-state index in [1.807, 2.05) is 12.1 Å². The van der Waals surface area contributed by atoms with Crippen molar-refractivity contribution in [2.45, 2.75) is 6.61 Å². The molecule has 0 spiro atoms. The zero-order valence-electron chi connectivity index (χ0n) is 16.3. The van der Waals surface area contributed by atoms with Gasteiger partial charge in [-0.1, -0.05) is 35.3 Å². The second kappa shape index (κ2) is 10.2. The molecule has 30 heavy (non-hydrogen) atoms. The third-order valence-electron chi connectivity index (χ3n) is 4.24. The molecule has 0 aromatic heterocycles. The number of carbonyl (C=O) groups excluding carboxylic acids is 2. The number of thioether (sulfide) groups is 1. The number of carbonyl (C=O) groups is 2. The first-order valence-electron chi connectivity index (χ1n) is 8.92. The number of benzene rings is 2. The zero-order chi connectivity index (χ0) is 21.7. The number of ether oxygens (including phenoxy) is 3. The number of nitrogens with zero attached hydrogens (tertiary/aromatic N) is 1. The van der Waals surface area contributed by atoms with Crippen molar-refractivity contribution in [2.75, 3.05) is 27.4 Å². The maximum atomic E-state index is 12.5. The molecule has 1 fully saturated rings. The number of halogens is 2. The van der Waals surface area contributed by atoms with Crippen LogP contribution >= 0.6 is 35.0 Å². The van der Waals surface area contributed by atoms with E-state index in [0.29, 0.717) is 32.0 Å². The molecule has 0 unspecified atom stereocenters. The molecule has 158 valence electrons. The van der Waals surface area contributed by atoms with Gasteiger partial charge in [-0.3, -0.25) is 14.5 Å². The van der Waals surface area contributed by atoms with Gasteiger partial charge in [0.1, 0.15) is 6.61 Å². The number of rotatable bonds is 8. The first kappa shape index (κ1) is 22.5. The molecule has 9 heteroatoms. The lowest BCUT2D eigenvalue weighted by atomic mass is 10.1. The summed E-state index contributed by atoms with van der Waals surface area (Å²) in [4.78, 5) is 26.0. The average Bonchev–Trinajstić information content (AvgIpc) is 2.99. The van der Waals surface area contributed by atoms with Gasteiger partial charge in [0.05, 0.1) is 30.2 Å². The van der Waals surface area contributed by atoms with Gasteiger partial charge in [0.15, 0.2) is 11.5 Å². The van der Waals surface area contributed by atoms with E-state index in [2.05, 4.69) is 0 Å². The summed E-state index contributed by atoms with van der Waals surface area (Å²) in [6.07, 6.45) is 1.61. The summed E-state index contributed by atoms with van der Waals surface area (Å²) in [6, 6.07) is 10.6. The van der Waals surface area contributed by atoms with Gasteiger partial charge < -0.3 is 14.2 Å². The van der Waals surface area contributed by atoms with Gasteiger partial charge >= 0.3 is 0 Å². The summed E-state index contributed by atoms with van der Waals surface area (Å²) in [6.45, 7) is 0.773. The number of hydrogen-bond acceptors (Lipinski definition) is 6. The molecule has 1 heterocycles. The van der Waals surface area contributed by atoms with E-state index in [1.165, 1.54) is 14.2 Å².